The highest BCUT2D eigenvalue weighted by Gasteiger charge is 2.13. The van der Waals surface area contributed by atoms with Crippen LogP contribution in [0, 0.1) is 5.92 Å². The van der Waals surface area contributed by atoms with Crippen LogP contribution >= 0.6 is 24.0 Å². The fraction of sp³-hybridized carbons (Fsp3) is 0.765. The van der Waals surface area contributed by atoms with Gasteiger partial charge >= 0.3 is 0 Å². The number of aliphatic imine (C=N–C) groups is 1. The molecular formula is C17H33IN4O2. The number of halogens is 1. The molecule has 0 aromatic carbocycles. The predicted octanol–water partition coefficient (Wildman–Crippen LogP) is 3.36. The third-order valence-corrected chi connectivity index (χ3v) is 3.55. The number of ether oxygens (including phenoxy) is 1. The lowest BCUT2D eigenvalue weighted by molar-refractivity contribution is 0.0258. The average molecular weight is 452 g/mol. The van der Waals surface area contributed by atoms with Crippen LogP contribution in [0.2, 0.25) is 0 Å². The lowest BCUT2D eigenvalue weighted by Gasteiger charge is -2.21. The first-order valence-electron chi connectivity index (χ1n) is 8.68. The lowest BCUT2D eigenvalue weighted by Crippen LogP contribution is -2.39. The molecule has 0 saturated carbocycles. The standard InChI is InChI=1S/C17H32N4O2.HI/c1-6-14-11-15(23-21-14)12-20-17(18-7-2)19-10-9-16(13(4)5)22-8-3;/h11,13,16H,6-10,12H2,1-5H3,(H2,18,19,20);1H. The van der Waals surface area contributed by atoms with Crippen LogP contribution in [0.5, 0.6) is 0 Å². The Balaban J connectivity index is 0.00000529. The maximum absolute atomic E-state index is 5.77. The van der Waals surface area contributed by atoms with Crippen molar-refractivity contribution in [2.45, 2.75) is 60.1 Å². The molecule has 0 spiro atoms. The fourth-order valence-electron chi connectivity index (χ4n) is 2.25. The van der Waals surface area contributed by atoms with E-state index < -0.39 is 0 Å². The summed E-state index contributed by atoms with van der Waals surface area (Å²) >= 11 is 0. The fourth-order valence-corrected chi connectivity index (χ4v) is 2.25. The third kappa shape index (κ3) is 8.86. The number of aromatic nitrogens is 1. The summed E-state index contributed by atoms with van der Waals surface area (Å²) in [5.74, 6) is 2.09. The summed E-state index contributed by atoms with van der Waals surface area (Å²) in [5.41, 5.74) is 0.963. The molecule has 1 heterocycles. The van der Waals surface area contributed by atoms with Gasteiger partial charge in [0, 0.05) is 25.8 Å². The van der Waals surface area contributed by atoms with Gasteiger partial charge in [0.2, 0.25) is 0 Å². The molecule has 0 aliphatic rings. The van der Waals surface area contributed by atoms with E-state index in [9.17, 15) is 0 Å². The first kappa shape index (κ1) is 23.2. The summed E-state index contributed by atoms with van der Waals surface area (Å²) < 4.78 is 11.0. The molecule has 140 valence electrons. The molecule has 1 aromatic rings. The maximum atomic E-state index is 5.77. The Morgan fingerprint density at radius 1 is 1.29 bits per heavy atom. The van der Waals surface area contributed by atoms with Crippen molar-refractivity contribution in [3.63, 3.8) is 0 Å². The second-order valence-electron chi connectivity index (χ2n) is 5.79. The van der Waals surface area contributed by atoms with Crippen molar-refractivity contribution in [2.75, 3.05) is 19.7 Å². The monoisotopic (exact) mass is 452 g/mol. The van der Waals surface area contributed by atoms with Gasteiger partial charge in [0.25, 0.3) is 0 Å². The number of nitrogens with zero attached hydrogens (tertiary/aromatic N) is 2. The zero-order valence-electron chi connectivity index (χ0n) is 15.6. The minimum absolute atomic E-state index is 0. The Bertz CT molecular complexity index is 463. The zero-order chi connectivity index (χ0) is 17.1. The predicted molar refractivity (Wildman–Crippen MR) is 109 cm³/mol. The summed E-state index contributed by atoms with van der Waals surface area (Å²) in [4.78, 5) is 4.54. The molecule has 1 atom stereocenters. The maximum Gasteiger partial charge on any atom is 0.191 e. The Hall–Kier alpha value is -0.830. The second kappa shape index (κ2) is 13.5. The minimum Gasteiger partial charge on any atom is -0.378 e. The van der Waals surface area contributed by atoms with E-state index in [1.54, 1.807) is 0 Å². The third-order valence-electron chi connectivity index (χ3n) is 3.55. The molecule has 0 amide bonds. The minimum atomic E-state index is 0. The van der Waals surface area contributed by atoms with E-state index in [1.165, 1.54) is 0 Å². The molecular weight excluding hydrogens is 419 g/mol. The second-order valence-corrected chi connectivity index (χ2v) is 5.79. The summed E-state index contributed by atoms with van der Waals surface area (Å²) in [6.45, 7) is 13.4. The van der Waals surface area contributed by atoms with Gasteiger partial charge in [-0.25, -0.2) is 4.99 Å². The van der Waals surface area contributed by atoms with Crippen LogP contribution < -0.4 is 10.6 Å². The van der Waals surface area contributed by atoms with E-state index in [0.29, 0.717) is 12.5 Å². The molecule has 6 nitrogen and oxygen atoms in total. The number of aryl methyl sites for hydroxylation is 1. The van der Waals surface area contributed by atoms with Gasteiger partial charge in [-0.1, -0.05) is 25.9 Å². The molecule has 1 rings (SSSR count). The van der Waals surface area contributed by atoms with Crippen molar-refractivity contribution in [2.24, 2.45) is 10.9 Å². The summed E-state index contributed by atoms with van der Waals surface area (Å²) in [7, 11) is 0. The van der Waals surface area contributed by atoms with Gasteiger partial charge < -0.3 is 19.9 Å². The van der Waals surface area contributed by atoms with Crippen molar-refractivity contribution in [1.29, 1.82) is 0 Å². The molecule has 24 heavy (non-hydrogen) atoms. The summed E-state index contributed by atoms with van der Waals surface area (Å²) in [5, 5.41) is 10.6. The van der Waals surface area contributed by atoms with Gasteiger partial charge in [-0.2, -0.15) is 0 Å². The van der Waals surface area contributed by atoms with Gasteiger partial charge in [-0.15, -0.1) is 24.0 Å². The van der Waals surface area contributed by atoms with Crippen LogP contribution in [-0.2, 0) is 17.7 Å². The molecule has 0 saturated heterocycles. The smallest absolute Gasteiger partial charge is 0.191 e. The lowest BCUT2D eigenvalue weighted by atomic mass is 10.0. The van der Waals surface area contributed by atoms with E-state index in [4.69, 9.17) is 9.26 Å². The quantitative estimate of drug-likeness (QED) is 0.324. The Labute approximate surface area is 163 Å². The van der Waals surface area contributed by atoms with Crippen LogP contribution in [0.3, 0.4) is 0 Å². The number of nitrogens with one attached hydrogen (secondary N) is 2. The van der Waals surface area contributed by atoms with Crippen LogP contribution in [-0.4, -0.2) is 36.9 Å². The topological polar surface area (TPSA) is 71.7 Å². The van der Waals surface area contributed by atoms with Gasteiger partial charge in [0.1, 0.15) is 6.54 Å². The van der Waals surface area contributed by atoms with Crippen LogP contribution in [0.4, 0.5) is 0 Å². The van der Waals surface area contributed by atoms with Crippen LogP contribution in [0.15, 0.2) is 15.6 Å². The number of hydrogen-bond donors (Lipinski definition) is 2. The SMILES string of the molecule is CCNC(=NCc1cc(CC)no1)NCCC(OCC)C(C)C.I. The first-order valence-corrected chi connectivity index (χ1v) is 8.68. The van der Waals surface area contributed by atoms with Gasteiger partial charge in [-0.05, 0) is 32.6 Å². The molecule has 2 N–H and O–H groups in total. The van der Waals surface area contributed by atoms with E-state index in [2.05, 4.69) is 48.5 Å². The molecule has 0 radical (unpaired) electrons. The highest BCUT2D eigenvalue weighted by molar-refractivity contribution is 14.0. The zero-order valence-corrected chi connectivity index (χ0v) is 17.9. The Kier molecular flexibility index (Phi) is 13.0. The molecule has 0 bridgehead atoms. The largest absolute Gasteiger partial charge is 0.378 e. The molecule has 1 aromatic heterocycles. The van der Waals surface area contributed by atoms with Gasteiger partial charge in [0.15, 0.2) is 11.7 Å². The molecule has 0 fully saturated rings. The first-order chi connectivity index (χ1) is 11.1. The Morgan fingerprint density at radius 2 is 2.04 bits per heavy atom. The van der Waals surface area contributed by atoms with Gasteiger partial charge in [-0.3, -0.25) is 0 Å². The highest BCUT2D eigenvalue weighted by Crippen LogP contribution is 2.10. The molecule has 0 aliphatic carbocycles. The summed E-state index contributed by atoms with van der Waals surface area (Å²) in [6.07, 6.45) is 2.11. The van der Waals surface area contributed by atoms with Gasteiger partial charge in [0.05, 0.1) is 11.8 Å². The number of hydrogen-bond acceptors (Lipinski definition) is 4. The number of rotatable bonds is 10. The molecule has 7 heteroatoms. The number of guanidine groups is 1. The highest BCUT2D eigenvalue weighted by atomic mass is 127. The van der Waals surface area contributed by atoms with E-state index in [1.807, 2.05) is 13.0 Å². The normalized spacial score (nSPS) is 12.8. The van der Waals surface area contributed by atoms with E-state index >= 15 is 0 Å². The van der Waals surface area contributed by atoms with Crippen LogP contribution in [0.1, 0.15) is 52.5 Å². The molecule has 0 aliphatic heterocycles. The Morgan fingerprint density at radius 3 is 2.58 bits per heavy atom. The van der Waals surface area contributed by atoms with Crippen LogP contribution in [0.25, 0.3) is 0 Å². The van der Waals surface area contributed by atoms with E-state index in [0.717, 1.165) is 50.0 Å². The van der Waals surface area contributed by atoms with Crippen molar-refractivity contribution in [3.05, 3.63) is 17.5 Å². The van der Waals surface area contributed by atoms with Crippen molar-refractivity contribution < 1.29 is 9.26 Å². The van der Waals surface area contributed by atoms with Crippen molar-refractivity contribution in [1.82, 2.24) is 15.8 Å². The van der Waals surface area contributed by atoms with E-state index in [-0.39, 0.29) is 30.1 Å². The molecule has 1 unspecified atom stereocenters. The van der Waals surface area contributed by atoms with Crippen molar-refractivity contribution >= 4 is 29.9 Å². The van der Waals surface area contributed by atoms with Crippen molar-refractivity contribution in [3.8, 4) is 0 Å². The summed E-state index contributed by atoms with van der Waals surface area (Å²) in [6, 6.07) is 1.96. The average Bonchev–Trinajstić information content (AvgIpc) is 2.99.